The number of carbonyl (C=O) groups excluding carboxylic acids is 1. The zero-order valence-corrected chi connectivity index (χ0v) is 14.4. The van der Waals surface area contributed by atoms with E-state index in [-0.39, 0.29) is 23.4 Å². The SMILES string of the molecule is CCN1C(=O)/C(=C/C=C2/Sc3ccccc3N2CC(=O)O)OC1=S. The average molecular weight is 362 g/mol. The standard InChI is InChI=1S/C16H14N2O4S2/c1-2-17-15(21)11(22-16(17)23)7-8-13-18(9-14(19)20)10-5-3-4-6-12(10)24-13/h3-8H,2,9H2,1H3,(H,19,20)/b11-7-,13-8+. The molecule has 0 radical (unpaired) electrons. The predicted molar refractivity (Wildman–Crippen MR) is 94.5 cm³/mol. The van der Waals surface area contributed by atoms with E-state index < -0.39 is 5.97 Å². The second-order valence-corrected chi connectivity index (χ2v) is 6.41. The van der Waals surface area contributed by atoms with E-state index in [1.807, 2.05) is 31.2 Å². The maximum Gasteiger partial charge on any atom is 0.323 e. The number of allylic oxidation sites excluding steroid dienone is 2. The molecule has 0 aromatic heterocycles. The molecule has 8 heteroatoms. The summed E-state index contributed by atoms with van der Waals surface area (Å²) in [6.45, 7) is 2.09. The van der Waals surface area contributed by atoms with E-state index in [9.17, 15) is 9.59 Å². The second kappa shape index (κ2) is 6.66. The number of aliphatic carboxylic acids is 1. The maximum absolute atomic E-state index is 12.1. The Hall–Kier alpha value is -2.32. The number of thioether (sulfide) groups is 1. The number of amides is 1. The molecule has 1 aromatic rings. The van der Waals surface area contributed by atoms with Gasteiger partial charge in [-0.05, 0) is 43.4 Å². The van der Waals surface area contributed by atoms with Crippen molar-refractivity contribution in [3.8, 4) is 0 Å². The number of fused-ring (bicyclic) bond motifs is 1. The van der Waals surface area contributed by atoms with Gasteiger partial charge < -0.3 is 14.7 Å². The van der Waals surface area contributed by atoms with Crippen LogP contribution in [-0.4, -0.2) is 40.1 Å². The third kappa shape index (κ3) is 3.02. The molecular weight excluding hydrogens is 348 g/mol. The quantitative estimate of drug-likeness (QED) is 0.652. The van der Waals surface area contributed by atoms with E-state index >= 15 is 0 Å². The third-order valence-electron chi connectivity index (χ3n) is 3.50. The molecule has 0 bridgehead atoms. The van der Waals surface area contributed by atoms with E-state index in [1.54, 1.807) is 11.0 Å². The number of para-hydroxylation sites is 1. The molecule has 3 rings (SSSR count). The molecule has 1 saturated heterocycles. The average Bonchev–Trinajstić information content (AvgIpc) is 3.02. The van der Waals surface area contributed by atoms with E-state index in [1.165, 1.54) is 22.7 Å². The minimum Gasteiger partial charge on any atom is -0.480 e. The first-order valence-electron chi connectivity index (χ1n) is 7.23. The lowest BCUT2D eigenvalue weighted by molar-refractivity contribution is -0.135. The Morgan fingerprint density at radius 2 is 2.08 bits per heavy atom. The summed E-state index contributed by atoms with van der Waals surface area (Å²) in [6, 6.07) is 7.54. The summed E-state index contributed by atoms with van der Waals surface area (Å²) >= 11 is 6.45. The van der Waals surface area contributed by atoms with Gasteiger partial charge in [0, 0.05) is 11.4 Å². The second-order valence-electron chi connectivity index (χ2n) is 5.00. The highest BCUT2D eigenvalue weighted by Crippen LogP contribution is 2.45. The van der Waals surface area contributed by atoms with Crippen LogP contribution in [0.5, 0.6) is 0 Å². The summed E-state index contributed by atoms with van der Waals surface area (Å²) in [5, 5.41) is 9.99. The molecule has 0 aliphatic carbocycles. The van der Waals surface area contributed by atoms with Gasteiger partial charge in [-0.15, -0.1) is 0 Å². The van der Waals surface area contributed by atoms with Crippen LogP contribution in [0.3, 0.4) is 0 Å². The van der Waals surface area contributed by atoms with Crippen molar-refractivity contribution in [2.45, 2.75) is 11.8 Å². The van der Waals surface area contributed by atoms with Crippen LogP contribution in [0.15, 0.2) is 52.1 Å². The number of anilines is 1. The molecule has 1 amide bonds. The van der Waals surface area contributed by atoms with Gasteiger partial charge in [-0.25, -0.2) is 0 Å². The molecule has 124 valence electrons. The number of carbonyl (C=O) groups is 2. The fourth-order valence-electron chi connectivity index (χ4n) is 2.41. The van der Waals surface area contributed by atoms with Gasteiger partial charge in [0.2, 0.25) is 0 Å². The van der Waals surface area contributed by atoms with Crippen LogP contribution in [0.25, 0.3) is 0 Å². The van der Waals surface area contributed by atoms with Crippen LogP contribution < -0.4 is 4.90 Å². The number of ether oxygens (including phenoxy) is 1. The Kier molecular flexibility index (Phi) is 4.59. The lowest BCUT2D eigenvalue weighted by atomic mass is 10.3. The van der Waals surface area contributed by atoms with Crippen molar-refractivity contribution in [3.63, 3.8) is 0 Å². The summed E-state index contributed by atoms with van der Waals surface area (Å²) in [5.41, 5.74) is 0.832. The van der Waals surface area contributed by atoms with Gasteiger partial charge in [0.05, 0.1) is 10.7 Å². The van der Waals surface area contributed by atoms with Crippen LogP contribution in [0, 0.1) is 0 Å². The Morgan fingerprint density at radius 3 is 2.75 bits per heavy atom. The van der Waals surface area contributed by atoms with Crippen LogP contribution in [0.4, 0.5) is 5.69 Å². The summed E-state index contributed by atoms with van der Waals surface area (Å²) in [5.74, 6) is -1.08. The van der Waals surface area contributed by atoms with Crippen molar-refractivity contribution in [2.24, 2.45) is 0 Å². The molecular formula is C16H14N2O4S2. The molecule has 0 spiro atoms. The molecule has 2 aliphatic heterocycles. The van der Waals surface area contributed by atoms with Crippen LogP contribution in [0.2, 0.25) is 0 Å². The number of hydrogen-bond acceptors (Lipinski definition) is 6. The lowest BCUT2D eigenvalue weighted by Crippen LogP contribution is -2.27. The molecule has 24 heavy (non-hydrogen) atoms. The summed E-state index contributed by atoms with van der Waals surface area (Å²) in [7, 11) is 0. The highest BCUT2D eigenvalue weighted by Gasteiger charge is 2.32. The van der Waals surface area contributed by atoms with E-state index in [0.717, 1.165) is 10.6 Å². The summed E-state index contributed by atoms with van der Waals surface area (Å²) < 4.78 is 5.31. The molecule has 2 heterocycles. The molecule has 0 atom stereocenters. The highest BCUT2D eigenvalue weighted by atomic mass is 32.2. The predicted octanol–water partition coefficient (Wildman–Crippen LogP) is 2.57. The minimum atomic E-state index is -0.933. The minimum absolute atomic E-state index is 0.136. The zero-order valence-electron chi connectivity index (χ0n) is 12.8. The fourth-order valence-corrected chi connectivity index (χ4v) is 3.77. The van der Waals surface area contributed by atoms with Crippen molar-refractivity contribution < 1.29 is 19.4 Å². The van der Waals surface area contributed by atoms with Gasteiger partial charge in [0.15, 0.2) is 5.76 Å². The van der Waals surface area contributed by atoms with Crippen LogP contribution in [-0.2, 0) is 14.3 Å². The highest BCUT2D eigenvalue weighted by molar-refractivity contribution is 8.03. The van der Waals surface area contributed by atoms with Gasteiger partial charge >= 0.3 is 5.97 Å². The normalized spacial score (nSPS) is 20.0. The molecule has 1 aromatic carbocycles. The third-order valence-corrected chi connectivity index (χ3v) is 4.93. The number of thiocarbonyl (C=S) groups is 1. The smallest absolute Gasteiger partial charge is 0.323 e. The molecule has 2 aliphatic rings. The number of hydrogen-bond donors (Lipinski definition) is 1. The van der Waals surface area contributed by atoms with Crippen LogP contribution >= 0.6 is 24.0 Å². The first-order valence-corrected chi connectivity index (χ1v) is 8.45. The Balaban J connectivity index is 1.90. The van der Waals surface area contributed by atoms with Gasteiger partial charge in [0.1, 0.15) is 6.54 Å². The van der Waals surface area contributed by atoms with Gasteiger partial charge in [-0.1, -0.05) is 23.9 Å². The lowest BCUT2D eigenvalue weighted by Gasteiger charge is -2.17. The molecule has 1 N–H and O–H groups in total. The zero-order chi connectivity index (χ0) is 17.3. The Bertz CT molecular complexity index is 788. The molecule has 0 saturated carbocycles. The first-order chi connectivity index (χ1) is 11.5. The number of carboxylic acid groups (broad SMARTS) is 1. The van der Waals surface area contributed by atoms with Crippen LogP contribution in [0.1, 0.15) is 6.92 Å². The van der Waals surface area contributed by atoms with E-state index in [4.69, 9.17) is 22.1 Å². The van der Waals surface area contributed by atoms with Crippen molar-refractivity contribution in [3.05, 3.63) is 47.2 Å². The molecule has 6 nitrogen and oxygen atoms in total. The maximum atomic E-state index is 12.1. The summed E-state index contributed by atoms with van der Waals surface area (Å²) in [4.78, 5) is 27.3. The van der Waals surface area contributed by atoms with Gasteiger partial charge in [-0.2, -0.15) is 0 Å². The van der Waals surface area contributed by atoms with Gasteiger partial charge in [-0.3, -0.25) is 14.5 Å². The topological polar surface area (TPSA) is 70.1 Å². The van der Waals surface area contributed by atoms with E-state index in [2.05, 4.69) is 0 Å². The summed E-state index contributed by atoms with van der Waals surface area (Å²) in [6.07, 6.45) is 3.22. The largest absolute Gasteiger partial charge is 0.480 e. The number of rotatable bonds is 4. The van der Waals surface area contributed by atoms with Crippen molar-refractivity contribution in [2.75, 3.05) is 18.0 Å². The monoisotopic (exact) mass is 362 g/mol. The van der Waals surface area contributed by atoms with E-state index in [0.29, 0.717) is 11.6 Å². The number of carboxylic acids is 1. The number of nitrogens with zero attached hydrogens (tertiary/aromatic N) is 2. The van der Waals surface area contributed by atoms with Crippen molar-refractivity contribution >= 4 is 46.7 Å². The number of likely N-dealkylation sites (N-methyl/N-ethyl adjacent to an activating group) is 1. The number of benzene rings is 1. The Labute approximate surface area is 148 Å². The molecule has 0 unspecified atom stereocenters. The molecule has 1 fully saturated rings. The van der Waals surface area contributed by atoms with Crippen molar-refractivity contribution in [1.29, 1.82) is 0 Å². The Morgan fingerprint density at radius 1 is 1.33 bits per heavy atom. The van der Waals surface area contributed by atoms with Gasteiger partial charge in [0.25, 0.3) is 11.1 Å². The first kappa shape index (κ1) is 16.5. The fraction of sp³-hybridized carbons (Fsp3) is 0.188. The van der Waals surface area contributed by atoms with Crippen molar-refractivity contribution in [1.82, 2.24) is 4.90 Å².